The van der Waals surface area contributed by atoms with Crippen LogP contribution in [0.4, 0.5) is 0 Å². The minimum absolute atomic E-state index is 0. The second-order valence-electron chi connectivity index (χ2n) is 8.64. The fourth-order valence-corrected chi connectivity index (χ4v) is 4.19. The maximum absolute atomic E-state index is 8.56. The van der Waals surface area contributed by atoms with E-state index < -0.39 is 0 Å². The number of aryl methyl sites for hydroxylation is 2. The molecule has 5 rings (SSSR count). The first-order valence-corrected chi connectivity index (χ1v) is 11.3. The number of aromatic nitrogens is 2. The van der Waals surface area contributed by atoms with Crippen molar-refractivity contribution in [3.05, 3.63) is 84.1 Å². The Hall–Kier alpha value is -2.69. The molecule has 0 saturated carbocycles. The molecule has 5 heteroatoms. The molecule has 1 radical (unpaired) electrons. The molecule has 5 aromatic rings. The molecule has 1 heterocycles. The Morgan fingerprint density at radius 3 is 2.21 bits per heavy atom. The first-order chi connectivity index (χ1) is 15.9. The average molecular weight is 630 g/mol. The summed E-state index contributed by atoms with van der Waals surface area (Å²) in [6, 6.07) is 24.1. The number of benzene rings is 4. The summed E-state index contributed by atoms with van der Waals surface area (Å²) in [6.45, 7) is 7.64. The van der Waals surface area contributed by atoms with Crippen LogP contribution in [0, 0.1) is 19.9 Å². The second-order valence-corrected chi connectivity index (χ2v) is 8.64. The Morgan fingerprint density at radius 2 is 1.56 bits per heavy atom. The van der Waals surface area contributed by atoms with Gasteiger partial charge in [-0.25, -0.2) is 0 Å². The number of aliphatic hydroxyl groups excluding tert-OH is 2. The number of hydrogen-bond donors (Lipinski definition) is 2. The van der Waals surface area contributed by atoms with E-state index in [-0.39, 0.29) is 32.3 Å². The van der Waals surface area contributed by atoms with Gasteiger partial charge >= 0.3 is 0 Å². The van der Waals surface area contributed by atoms with Gasteiger partial charge in [0.1, 0.15) is 0 Å². The van der Waals surface area contributed by atoms with Gasteiger partial charge in [-0.2, -0.15) is 0 Å². The summed E-state index contributed by atoms with van der Waals surface area (Å²) in [5, 5.41) is 21.7. The molecule has 0 saturated heterocycles. The smallest absolute Gasteiger partial charge is 0.0873 e. The van der Waals surface area contributed by atoms with Gasteiger partial charge in [0.2, 0.25) is 0 Å². The molecule has 177 valence electrons. The summed E-state index contributed by atoms with van der Waals surface area (Å²) in [4.78, 5) is 9.86. The molecule has 2 N–H and O–H groups in total. The molecule has 0 aliphatic rings. The number of hydrogen-bond acceptors (Lipinski definition) is 4. The molecule has 0 bridgehead atoms. The first-order valence-electron chi connectivity index (χ1n) is 11.3. The molecule has 4 aromatic carbocycles. The van der Waals surface area contributed by atoms with Crippen LogP contribution in [0.1, 0.15) is 31.4 Å². The normalized spacial score (nSPS) is 12.6. The van der Waals surface area contributed by atoms with Gasteiger partial charge < -0.3 is 15.2 Å². The molecule has 2 unspecified atom stereocenters. The van der Waals surface area contributed by atoms with Crippen LogP contribution in [0.5, 0.6) is 0 Å². The molecule has 34 heavy (non-hydrogen) atoms. The third-order valence-electron chi connectivity index (χ3n) is 5.88. The van der Waals surface area contributed by atoms with Crippen LogP contribution in [0.2, 0.25) is 0 Å². The molecule has 0 amide bonds. The number of nitrogens with zero attached hydrogens (tertiary/aromatic N) is 2. The SMILES string of the molecule is CC(O)CC(C)O.Cc1ccc2c3ccc[c-]c3c3ncc(-c4ccccc4)nc3c2c1C.[Ir]. The van der Waals surface area contributed by atoms with Gasteiger partial charge in [0, 0.05) is 37.4 Å². The van der Waals surface area contributed by atoms with Crippen LogP contribution in [-0.4, -0.2) is 32.4 Å². The van der Waals surface area contributed by atoms with Crippen LogP contribution >= 0.6 is 0 Å². The van der Waals surface area contributed by atoms with Crippen molar-refractivity contribution in [3.63, 3.8) is 0 Å². The third-order valence-corrected chi connectivity index (χ3v) is 5.88. The summed E-state index contributed by atoms with van der Waals surface area (Å²) in [5.41, 5.74) is 6.38. The summed E-state index contributed by atoms with van der Waals surface area (Å²) < 4.78 is 0. The predicted molar refractivity (Wildman–Crippen MR) is 136 cm³/mol. The summed E-state index contributed by atoms with van der Waals surface area (Å²) in [6.07, 6.45) is 1.59. The van der Waals surface area contributed by atoms with Crippen molar-refractivity contribution < 1.29 is 30.3 Å². The number of rotatable bonds is 3. The van der Waals surface area contributed by atoms with E-state index in [4.69, 9.17) is 20.2 Å². The molecule has 2 atom stereocenters. The minimum atomic E-state index is -0.375. The van der Waals surface area contributed by atoms with Gasteiger partial charge in [0.05, 0.1) is 23.4 Å². The van der Waals surface area contributed by atoms with E-state index in [2.05, 4.69) is 50.2 Å². The van der Waals surface area contributed by atoms with Crippen molar-refractivity contribution in [2.45, 2.75) is 46.3 Å². The van der Waals surface area contributed by atoms with Gasteiger partial charge in [-0.1, -0.05) is 53.2 Å². The van der Waals surface area contributed by atoms with E-state index in [0.29, 0.717) is 6.42 Å². The largest absolute Gasteiger partial charge is 0.393 e. The Labute approximate surface area is 214 Å². The van der Waals surface area contributed by atoms with E-state index in [0.717, 1.165) is 27.7 Å². The molecule has 0 fully saturated rings. The average Bonchev–Trinajstić information content (AvgIpc) is 2.81. The minimum Gasteiger partial charge on any atom is -0.393 e. The second kappa shape index (κ2) is 11.2. The number of aliphatic hydroxyl groups is 2. The molecule has 0 aliphatic carbocycles. The molecule has 0 aliphatic heterocycles. The fraction of sp³-hybridized carbons (Fsp3) is 0.241. The maximum Gasteiger partial charge on any atom is 0.0873 e. The molecule has 0 spiro atoms. The van der Waals surface area contributed by atoms with Crippen molar-refractivity contribution in [2.75, 3.05) is 0 Å². The monoisotopic (exact) mass is 630 g/mol. The quantitative estimate of drug-likeness (QED) is 0.186. The summed E-state index contributed by atoms with van der Waals surface area (Å²) >= 11 is 0. The van der Waals surface area contributed by atoms with E-state index in [9.17, 15) is 0 Å². The molecular weight excluding hydrogens is 601 g/mol. The van der Waals surface area contributed by atoms with Crippen molar-refractivity contribution >= 4 is 32.6 Å². The van der Waals surface area contributed by atoms with E-state index in [1.807, 2.05) is 36.5 Å². The summed E-state index contributed by atoms with van der Waals surface area (Å²) in [7, 11) is 0. The van der Waals surface area contributed by atoms with Gasteiger partial charge in [-0.05, 0) is 50.6 Å². The zero-order chi connectivity index (χ0) is 23.5. The zero-order valence-corrected chi connectivity index (χ0v) is 22.2. The van der Waals surface area contributed by atoms with Gasteiger partial charge in [-0.3, -0.25) is 4.98 Å². The van der Waals surface area contributed by atoms with Gasteiger partial charge in [-0.15, -0.1) is 29.7 Å². The Kier molecular flexibility index (Phi) is 8.51. The van der Waals surface area contributed by atoms with Crippen LogP contribution in [0.15, 0.2) is 66.9 Å². The number of fused-ring (bicyclic) bond motifs is 6. The first kappa shape index (κ1) is 25.9. The Balaban J connectivity index is 0.000000357. The fourth-order valence-electron chi connectivity index (χ4n) is 4.19. The van der Waals surface area contributed by atoms with E-state index in [1.54, 1.807) is 13.8 Å². The predicted octanol–water partition coefficient (Wildman–Crippen LogP) is 6.16. The standard InChI is InChI=1S/C24H17N2.C5H12O2.Ir/c1-15-12-13-19-18-10-6-7-11-20(18)23-24(22(19)16(15)2)26-21(14-25-23)17-8-4-3-5-9-17;1-4(6)3-5(2)7;/h3-10,12-14H,1-2H3;4-7H,3H2,1-2H3;/q-1;;. The van der Waals surface area contributed by atoms with Crippen LogP contribution in [0.3, 0.4) is 0 Å². The zero-order valence-electron chi connectivity index (χ0n) is 19.8. The van der Waals surface area contributed by atoms with Crippen LogP contribution in [0.25, 0.3) is 43.8 Å². The van der Waals surface area contributed by atoms with E-state index >= 15 is 0 Å². The third kappa shape index (κ3) is 5.34. The van der Waals surface area contributed by atoms with Crippen molar-refractivity contribution in [1.29, 1.82) is 0 Å². The Morgan fingerprint density at radius 1 is 0.853 bits per heavy atom. The molecule has 1 aromatic heterocycles. The van der Waals surface area contributed by atoms with Crippen molar-refractivity contribution in [3.8, 4) is 11.3 Å². The van der Waals surface area contributed by atoms with Gasteiger partial charge in [0.15, 0.2) is 0 Å². The van der Waals surface area contributed by atoms with Crippen molar-refractivity contribution in [2.24, 2.45) is 0 Å². The van der Waals surface area contributed by atoms with Gasteiger partial charge in [0.25, 0.3) is 0 Å². The molecular formula is C29H29IrN2O2-. The maximum atomic E-state index is 8.56. The Bertz CT molecular complexity index is 1410. The molecule has 4 nitrogen and oxygen atoms in total. The summed E-state index contributed by atoms with van der Waals surface area (Å²) in [5.74, 6) is 0. The van der Waals surface area contributed by atoms with Crippen LogP contribution < -0.4 is 0 Å². The topological polar surface area (TPSA) is 66.2 Å². The van der Waals surface area contributed by atoms with Crippen molar-refractivity contribution in [1.82, 2.24) is 9.97 Å². The van der Waals surface area contributed by atoms with E-state index in [1.165, 1.54) is 27.3 Å². The van der Waals surface area contributed by atoms with Crippen LogP contribution in [-0.2, 0) is 20.1 Å².